The van der Waals surface area contributed by atoms with Gasteiger partial charge in [0.2, 0.25) is 5.91 Å². The molecule has 0 spiro atoms. The summed E-state index contributed by atoms with van der Waals surface area (Å²) in [6.07, 6.45) is 0.593. The summed E-state index contributed by atoms with van der Waals surface area (Å²) in [5.74, 6) is -1.17. The summed E-state index contributed by atoms with van der Waals surface area (Å²) >= 11 is 0. The van der Waals surface area contributed by atoms with Gasteiger partial charge in [-0.2, -0.15) is 0 Å². The predicted octanol–water partition coefficient (Wildman–Crippen LogP) is 1.49. The summed E-state index contributed by atoms with van der Waals surface area (Å²) in [7, 11) is 0. The molecule has 0 aliphatic heterocycles. The zero-order valence-corrected chi connectivity index (χ0v) is 13.2. The largest absolute Gasteiger partial charge is 0.481 e. The molecule has 1 aromatic heterocycles. The molecule has 0 aliphatic rings. The monoisotopic (exact) mass is 316 g/mol. The highest BCUT2D eigenvalue weighted by molar-refractivity contribution is 5.78. The molecule has 2 aromatic rings. The lowest BCUT2D eigenvalue weighted by Gasteiger charge is -2.12. The van der Waals surface area contributed by atoms with Crippen molar-refractivity contribution in [2.45, 2.75) is 39.3 Å². The normalized spacial score (nSPS) is 11.9. The van der Waals surface area contributed by atoms with Crippen LogP contribution in [0.15, 0.2) is 30.3 Å². The van der Waals surface area contributed by atoms with Crippen molar-refractivity contribution in [2.75, 3.05) is 0 Å². The number of hydrogen-bond acceptors (Lipinski definition) is 4. The molecule has 0 aliphatic carbocycles. The SMILES string of the molecule is CCC(C)NC(=O)Cn1nnc(CC(=O)O)c1-c1ccccc1. The van der Waals surface area contributed by atoms with Gasteiger partial charge in [-0.3, -0.25) is 9.59 Å². The Labute approximate surface area is 134 Å². The average molecular weight is 316 g/mol. The molecule has 1 heterocycles. The molecule has 7 heteroatoms. The van der Waals surface area contributed by atoms with Crippen molar-refractivity contribution in [3.05, 3.63) is 36.0 Å². The van der Waals surface area contributed by atoms with Crippen LogP contribution in [0.5, 0.6) is 0 Å². The summed E-state index contributed by atoms with van der Waals surface area (Å²) < 4.78 is 1.45. The van der Waals surface area contributed by atoms with Gasteiger partial charge in [0.15, 0.2) is 0 Å². The maximum Gasteiger partial charge on any atom is 0.309 e. The summed E-state index contributed by atoms with van der Waals surface area (Å²) in [5.41, 5.74) is 1.69. The summed E-state index contributed by atoms with van der Waals surface area (Å²) in [6, 6.07) is 9.31. The molecule has 2 N–H and O–H groups in total. The van der Waals surface area contributed by atoms with Crippen LogP contribution in [0.25, 0.3) is 11.3 Å². The number of carboxylic acid groups (broad SMARTS) is 1. The number of nitrogens with one attached hydrogen (secondary N) is 1. The van der Waals surface area contributed by atoms with Crippen molar-refractivity contribution in [1.82, 2.24) is 20.3 Å². The third-order valence-corrected chi connectivity index (χ3v) is 3.48. The zero-order chi connectivity index (χ0) is 16.8. The smallest absolute Gasteiger partial charge is 0.309 e. The van der Waals surface area contributed by atoms with Gasteiger partial charge in [-0.25, -0.2) is 4.68 Å². The molecule has 1 amide bonds. The van der Waals surface area contributed by atoms with Gasteiger partial charge in [-0.1, -0.05) is 42.5 Å². The van der Waals surface area contributed by atoms with Crippen LogP contribution >= 0.6 is 0 Å². The fourth-order valence-corrected chi connectivity index (χ4v) is 2.19. The van der Waals surface area contributed by atoms with E-state index in [-0.39, 0.29) is 24.9 Å². The van der Waals surface area contributed by atoms with E-state index in [0.29, 0.717) is 11.4 Å². The first-order chi connectivity index (χ1) is 11.0. The van der Waals surface area contributed by atoms with Crippen LogP contribution in [0.3, 0.4) is 0 Å². The molecular weight excluding hydrogens is 296 g/mol. The van der Waals surface area contributed by atoms with Crippen LogP contribution < -0.4 is 5.32 Å². The lowest BCUT2D eigenvalue weighted by Crippen LogP contribution is -2.35. The number of benzene rings is 1. The van der Waals surface area contributed by atoms with Crippen LogP contribution in [0.4, 0.5) is 0 Å². The predicted molar refractivity (Wildman–Crippen MR) is 84.7 cm³/mol. The van der Waals surface area contributed by atoms with Crippen LogP contribution in [0.2, 0.25) is 0 Å². The van der Waals surface area contributed by atoms with Gasteiger partial charge in [-0.05, 0) is 13.3 Å². The summed E-state index contributed by atoms with van der Waals surface area (Å²) in [5, 5.41) is 19.8. The Morgan fingerprint density at radius 1 is 1.30 bits per heavy atom. The topological polar surface area (TPSA) is 97.1 Å². The second-order valence-corrected chi connectivity index (χ2v) is 5.36. The second kappa shape index (κ2) is 7.53. The number of nitrogens with zero attached hydrogens (tertiary/aromatic N) is 3. The second-order valence-electron chi connectivity index (χ2n) is 5.36. The maximum absolute atomic E-state index is 12.1. The highest BCUT2D eigenvalue weighted by Gasteiger charge is 2.19. The minimum atomic E-state index is -0.988. The van der Waals surface area contributed by atoms with Gasteiger partial charge in [0, 0.05) is 11.6 Å². The molecule has 7 nitrogen and oxygen atoms in total. The van der Waals surface area contributed by atoms with E-state index in [1.807, 2.05) is 44.2 Å². The van der Waals surface area contributed by atoms with Gasteiger partial charge in [0.05, 0.1) is 12.1 Å². The van der Waals surface area contributed by atoms with Gasteiger partial charge >= 0.3 is 5.97 Å². The minimum absolute atomic E-state index is 0.00118. The van der Waals surface area contributed by atoms with Crippen LogP contribution in [0, 0.1) is 0 Å². The standard InChI is InChI=1S/C16H20N4O3/c1-3-11(2)17-14(21)10-20-16(12-7-5-4-6-8-12)13(18-19-20)9-15(22)23/h4-8,11H,3,9-10H2,1-2H3,(H,17,21)(H,22,23). The van der Waals surface area contributed by atoms with Crippen LogP contribution in [-0.4, -0.2) is 38.0 Å². The van der Waals surface area contributed by atoms with E-state index in [1.54, 1.807) is 0 Å². The number of hydrogen-bond donors (Lipinski definition) is 2. The Morgan fingerprint density at radius 3 is 2.61 bits per heavy atom. The fourth-order valence-electron chi connectivity index (χ4n) is 2.19. The van der Waals surface area contributed by atoms with Crippen molar-refractivity contribution in [1.29, 1.82) is 0 Å². The molecule has 0 saturated heterocycles. The molecule has 0 bridgehead atoms. The first kappa shape index (κ1) is 16.7. The number of carbonyl (C=O) groups excluding carboxylic acids is 1. The quantitative estimate of drug-likeness (QED) is 0.806. The number of aromatic nitrogens is 3. The zero-order valence-electron chi connectivity index (χ0n) is 13.2. The molecular formula is C16H20N4O3. The molecule has 2 rings (SSSR count). The van der Waals surface area contributed by atoms with Crippen LogP contribution in [-0.2, 0) is 22.6 Å². The lowest BCUT2D eigenvalue weighted by molar-refractivity contribution is -0.136. The van der Waals surface area contributed by atoms with Crippen molar-refractivity contribution in [3.63, 3.8) is 0 Å². The Kier molecular flexibility index (Phi) is 5.46. The summed E-state index contributed by atoms with van der Waals surface area (Å²) in [4.78, 5) is 23.1. The molecule has 0 radical (unpaired) electrons. The average Bonchev–Trinajstić information content (AvgIpc) is 2.89. The summed E-state index contributed by atoms with van der Waals surface area (Å²) in [6.45, 7) is 3.91. The van der Waals surface area contributed by atoms with Crippen molar-refractivity contribution in [2.24, 2.45) is 0 Å². The molecule has 0 saturated carbocycles. The van der Waals surface area contributed by atoms with Gasteiger partial charge in [-0.15, -0.1) is 5.10 Å². The lowest BCUT2D eigenvalue weighted by atomic mass is 10.1. The highest BCUT2D eigenvalue weighted by Crippen LogP contribution is 2.22. The van der Waals surface area contributed by atoms with Crippen molar-refractivity contribution in [3.8, 4) is 11.3 Å². The molecule has 122 valence electrons. The fraction of sp³-hybridized carbons (Fsp3) is 0.375. The number of aliphatic carboxylic acids is 1. The van der Waals surface area contributed by atoms with Crippen molar-refractivity contribution < 1.29 is 14.7 Å². The molecule has 23 heavy (non-hydrogen) atoms. The Morgan fingerprint density at radius 2 is 2.00 bits per heavy atom. The van der Waals surface area contributed by atoms with E-state index in [9.17, 15) is 9.59 Å². The molecule has 0 fully saturated rings. The van der Waals surface area contributed by atoms with Gasteiger partial charge < -0.3 is 10.4 Å². The van der Waals surface area contributed by atoms with E-state index in [4.69, 9.17) is 5.11 Å². The highest BCUT2D eigenvalue weighted by atomic mass is 16.4. The number of carbonyl (C=O) groups is 2. The first-order valence-corrected chi connectivity index (χ1v) is 7.50. The number of carboxylic acids is 1. The Balaban J connectivity index is 2.31. The van der Waals surface area contributed by atoms with Gasteiger partial charge in [0.25, 0.3) is 0 Å². The number of amides is 1. The van der Waals surface area contributed by atoms with E-state index in [2.05, 4.69) is 15.6 Å². The number of rotatable bonds is 7. The Bertz CT molecular complexity index is 682. The van der Waals surface area contributed by atoms with Crippen LogP contribution in [0.1, 0.15) is 26.0 Å². The van der Waals surface area contributed by atoms with E-state index in [1.165, 1.54) is 4.68 Å². The van der Waals surface area contributed by atoms with E-state index >= 15 is 0 Å². The molecule has 1 unspecified atom stereocenters. The third kappa shape index (κ3) is 4.38. The Hall–Kier alpha value is -2.70. The van der Waals surface area contributed by atoms with E-state index < -0.39 is 5.97 Å². The third-order valence-electron chi connectivity index (χ3n) is 3.48. The first-order valence-electron chi connectivity index (χ1n) is 7.50. The molecule has 1 aromatic carbocycles. The van der Waals surface area contributed by atoms with Gasteiger partial charge in [0.1, 0.15) is 12.2 Å². The molecule has 1 atom stereocenters. The maximum atomic E-state index is 12.1. The minimum Gasteiger partial charge on any atom is -0.481 e. The van der Waals surface area contributed by atoms with E-state index in [0.717, 1.165) is 12.0 Å². The van der Waals surface area contributed by atoms with Crippen molar-refractivity contribution >= 4 is 11.9 Å².